The molecule has 1 aromatic carbocycles. The Kier molecular flexibility index (Phi) is 3.56. The third-order valence-corrected chi connectivity index (χ3v) is 2.66. The molecule has 0 amide bonds. The molecule has 0 bridgehead atoms. The van der Waals surface area contributed by atoms with Gasteiger partial charge in [0.15, 0.2) is 0 Å². The largest absolute Gasteiger partial charge is 0.365 e. The highest BCUT2D eigenvalue weighted by Crippen LogP contribution is 2.13. The predicted molar refractivity (Wildman–Crippen MR) is 70.7 cm³/mol. The number of fused-ring (bicyclic) bond motifs is 1. The second-order valence-corrected chi connectivity index (χ2v) is 3.90. The fraction of sp³-hybridized carbons (Fsp3) is 0.286. The van der Waals surface area contributed by atoms with E-state index in [1.807, 2.05) is 24.3 Å². The van der Waals surface area contributed by atoms with Gasteiger partial charge < -0.3 is 5.32 Å². The van der Waals surface area contributed by atoms with E-state index < -0.39 is 0 Å². The van der Waals surface area contributed by atoms with Gasteiger partial charge in [-0.25, -0.2) is 4.98 Å². The molecule has 1 aromatic heterocycles. The van der Waals surface area contributed by atoms with Crippen LogP contribution in [-0.4, -0.2) is 16.0 Å². The number of anilines is 1. The van der Waals surface area contributed by atoms with Crippen LogP contribution < -0.4 is 5.32 Å². The van der Waals surface area contributed by atoms with Crippen molar-refractivity contribution in [3.63, 3.8) is 0 Å². The Hall–Kier alpha value is -2.08. The summed E-state index contributed by atoms with van der Waals surface area (Å²) in [6.07, 6.45) is 8.74. The van der Waals surface area contributed by atoms with E-state index in [4.69, 9.17) is 6.42 Å². The predicted octanol–water partition coefficient (Wildman–Crippen LogP) is 2.84. The first-order valence-corrected chi connectivity index (χ1v) is 5.75. The molecular weight excluding hydrogens is 210 g/mol. The summed E-state index contributed by atoms with van der Waals surface area (Å²) < 4.78 is 0. The molecule has 1 atom stereocenters. The van der Waals surface area contributed by atoms with Crippen molar-refractivity contribution in [3.8, 4) is 12.3 Å². The molecule has 3 nitrogen and oxygen atoms in total. The Labute approximate surface area is 101 Å². The topological polar surface area (TPSA) is 37.8 Å². The molecular formula is C14H15N3. The number of hydrogen-bond acceptors (Lipinski definition) is 3. The standard InChI is InChI=1S/C14H15N3/c1-3-7-11(4-2)16-14-10-15-12-8-5-6-9-13(12)17-14/h1,5-6,8-11H,4,7H2,2H3,(H,16,17). The molecule has 0 saturated heterocycles. The maximum atomic E-state index is 5.32. The SMILES string of the molecule is C#CCC(CC)Nc1cnc2ccccc2n1. The number of benzene rings is 1. The molecule has 0 saturated carbocycles. The highest BCUT2D eigenvalue weighted by atomic mass is 15.0. The lowest BCUT2D eigenvalue weighted by molar-refractivity contribution is 0.711. The Morgan fingerprint density at radius 2 is 2.12 bits per heavy atom. The monoisotopic (exact) mass is 225 g/mol. The van der Waals surface area contributed by atoms with E-state index in [-0.39, 0.29) is 6.04 Å². The molecule has 0 spiro atoms. The van der Waals surface area contributed by atoms with Crippen LogP contribution in [0, 0.1) is 12.3 Å². The average Bonchev–Trinajstić information content (AvgIpc) is 2.38. The Bertz CT molecular complexity index is 542. The van der Waals surface area contributed by atoms with Crippen LogP contribution in [0.4, 0.5) is 5.82 Å². The summed E-state index contributed by atoms with van der Waals surface area (Å²) in [6, 6.07) is 8.08. The van der Waals surface area contributed by atoms with Gasteiger partial charge in [0, 0.05) is 12.5 Å². The van der Waals surface area contributed by atoms with Crippen molar-refractivity contribution in [2.45, 2.75) is 25.8 Å². The first kappa shape index (κ1) is 11.4. The smallest absolute Gasteiger partial charge is 0.145 e. The van der Waals surface area contributed by atoms with E-state index in [1.54, 1.807) is 6.20 Å². The molecule has 0 aliphatic rings. The molecule has 0 fully saturated rings. The van der Waals surface area contributed by atoms with Crippen LogP contribution in [0.1, 0.15) is 19.8 Å². The number of rotatable bonds is 4. The van der Waals surface area contributed by atoms with Gasteiger partial charge in [-0.3, -0.25) is 4.98 Å². The molecule has 0 aliphatic carbocycles. The maximum Gasteiger partial charge on any atom is 0.145 e. The Morgan fingerprint density at radius 1 is 1.35 bits per heavy atom. The third kappa shape index (κ3) is 2.73. The molecule has 1 unspecified atom stereocenters. The lowest BCUT2D eigenvalue weighted by Gasteiger charge is -2.14. The van der Waals surface area contributed by atoms with Gasteiger partial charge in [0.25, 0.3) is 0 Å². The highest BCUT2D eigenvalue weighted by molar-refractivity contribution is 5.75. The van der Waals surface area contributed by atoms with Gasteiger partial charge in [-0.15, -0.1) is 12.3 Å². The zero-order chi connectivity index (χ0) is 12.1. The molecule has 1 heterocycles. The van der Waals surface area contributed by atoms with Gasteiger partial charge in [-0.2, -0.15) is 0 Å². The average molecular weight is 225 g/mol. The zero-order valence-corrected chi connectivity index (χ0v) is 9.85. The summed E-state index contributed by atoms with van der Waals surface area (Å²) in [5, 5.41) is 3.31. The van der Waals surface area contributed by atoms with E-state index in [0.29, 0.717) is 6.42 Å². The number of nitrogens with zero attached hydrogens (tertiary/aromatic N) is 2. The first-order valence-electron chi connectivity index (χ1n) is 5.75. The third-order valence-electron chi connectivity index (χ3n) is 2.66. The summed E-state index contributed by atoms with van der Waals surface area (Å²) in [5.41, 5.74) is 1.80. The van der Waals surface area contributed by atoms with Gasteiger partial charge >= 0.3 is 0 Å². The lowest BCUT2D eigenvalue weighted by Crippen LogP contribution is -2.18. The van der Waals surface area contributed by atoms with E-state index in [0.717, 1.165) is 23.3 Å². The number of aromatic nitrogens is 2. The van der Waals surface area contributed by atoms with Crippen LogP contribution in [-0.2, 0) is 0 Å². The van der Waals surface area contributed by atoms with Crippen LogP contribution in [0.2, 0.25) is 0 Å². The summed E-state index contributed by atoms with van der Waals surface area (Å²) >= 11 is 0. The molecule has 86 valence electrons. The summed E-state index contributed by atoms with van der Waals surface area (Å²) in [6.45, 7) is 2.10. The Morgan fingerprint density at radius 3 is 2.82 bits per heavy atom. The van der Waals surface area contributed by atoms with Gasteiger partial charge in [0.1, 0.15) is 5.82 Å². The maximum absolute atomic E-state index is 5.32. The summed E-state index contributed by atoms with van der Waals surface area (Å²) in [4.78, 5) is 8.85. The summed E-state index contributed by atoms with van der Waals surface area (Å²) in [7, 11) is 0. The Balaban J connectivity index is 2.22. The van der Waals surface area contributed by atoms with Gasteiger partial charge in [-0.1, -0.05) is 19.1 Å². The van der Waals surface area contributed by atoms with E-state index in [2.05, 4.69) is 28.1 Å². The second kappa shape index (κ2) is 5.31. The highest BCUT2D eigenvalue weighted by Gasteiger charge is 2.06. The minimum atomic E-state index is 0.260. The van der Waals surface area contributed by atoms with Gasteiger partial charge in [0.05, 0.1) is 17.2 Å². The number of nitrogens with one attached hydrogen (secondary N) is 1. The zero-order valence-electron chi connectivity index (χ0n) is 9.85. The van der Waals surface area contributed by atoms with Crippen molar-refractivity contribution in [3.05, 3.63) is 30.5 Å². The molecule has 0 aliphatic heterocycles. The molecule has 1 N–H and O–H groups in total. The molecule has 17 heavy (non-hydrogen) atoms. The quantitative estimate of drug-likeness (QED) is 0.813. The minimum absolute atomic E-state index is 0.260. The van der Waals surface area contributed by atoms with Gasteiger partial charge in [-0.05, 0) is 18.6 Å². The van der Waals surface area contributed by atoms with E-state index in [1.165, 1.54) is 0 Å². The molecule has 0 radical (unpaired) electrons. The number of terminal acetylenes is 1. The van der Waals surface area contributed by atoms with Crippen LogP contribution in [0.15, 0.2) is 30.5 Å². The fourth-order valence-corrected chi connectivity index (χ4v) is 1.68. The molecule has 2 rings (SSSR count). The van der Waals surface area contributed by atoms with Crippen molar-refractivity contribution in [2.24, 2.45) is 0 Å². The number of hydrogen-bond donors (Lipinski definition) is 1. The first-order chi connectivity index (χ1) is 8.33. The van der Waals surface area contributed by atoms with Crippen molar-refractivity contribution < 1.29 is 0 Å². The van der Waals surface area contributed by atoms with Crippen molar-refractivity contribution >= 4 is 16.9 Å². The summed E-state index contributed by atoms with van der Waals surface area (Å²) in [5.74, 6) is 3.45. The minimum Gasteiger partial charge on any atom is -0.365 e. The lowest BCUT2D eigenvalue weighted by atomic mass is 10.1. The van der Waals surface area contributed by atoms with E-state index >= 15 is 0 Å². The van der Waals surface area contributed by atoms with Crippen molar-refractivity contribution in [1.82, 2.24) is 9.97 Å². The number of para-hydroxylation sites is 2. The van der Waals surface area contributed by atoms with Crippen LogP contribution in [0.3, 0.4) is 0 Å². The van der Waals surface area contributed by atoms with Crippen LogP contribution in [0.5, 0.6) is 0 Å². The molecule has 2 aromatic rings. The van der Waals surface area contributed by atoms with Crippen LogP contribution in [0.25, 0.3) is 11.0 Å². The second-order valence-electron chi connectivity index (χ2n) is 3.90. The van der Waals surface area contributed by atoms with Crippen LogP contribution >= 0.6 is 0 Å². The van der Waals surface area contributed by atoms with E-state index in [9.17, 15) is 0 Å². The molecule has 3 heteroatoms. The van der Waals surface area contributed by atoms with Crippen molar-refractivity contribution in [2.75, 3.05) is 5.32 Å². The van der Waals surface area contributed by atoms with Gasteiger partial charge in [0.2, 0.25) is 0 Å². The fourth-order valence-electron chi connectivity index (χ4n) is 1.68. The van der Waals surface area contributed by atoms with Crippen molar-refractivity contribution in [1.29, 1.82) is 0 Å². The normalized spacial score (nSPS) is 12.0.